The zero-order valence-electron chi connectivity index (χ0n) is 15.6. The summed E-state index contributed by atoms with van der Waals surface area (Å²) in [5.74, 6) is 0.989. The van der Waals surface area contributed by atoms with Crippen molar-refractivity contribution in [1.29, 1.82) is 0 Å². The molecule has 9 heteroatoms. The van der Waals surface area contributed by atoms with Gasteiger partial charge in [-0.2, -0.15) is 0 Å². The van der Waals surface area contributed by atoms with E-state index in [2.05, 4.69) is 22.1 Å². The van der Waals surface area contributed by atoms with Crippen LogP contribution in [-0.4, -0.2) is 33.5 Å². The van der Waals surface area contributed by atoms with E-state index in [9.17, 15) is 9.18 Å². The summed E-state index contributed by atoms with van der Waals surface area (Å²) in [5, 5.41) is 12.3. The first kappa shape index (κ1) is 20.9. The largest absolute Gasteiger partial charge is 0.497 e. The van der Waals surface area contributed by atoms with Crippen LogP contribution in [0.4, 0.5) is 4.39 Å². The highest BCUT2D eigenvalue weighted by molar-refractivity contribution is 7.99. The average Bonchev–Trinajstić information content (AvgIpc) is 3.14. The maximum atomic E-state index is 13.0. The lowest BCUT2D eigenvalue weighted by Crippen LogP contribution is -2.24. The van der Waals surface area contributed by atoms with Crippen LogP contribution in [0, 0.1) is 5.82 Å². The molecule has 0 unspecified atom stereocenters. The van der Waals surface area contributed by atoms with E-state index in [4.69, 9.17) is 16.3 Å². The van der Waals surface area contributed by atoms with Crippen molar-refractivity contribution in [2.24, 2.45) is 0 Å². The third-order valence-electron chi connectivity index (χ3n) is 3.90. The second kappa shape index (κ2) is 9.58. The van der Waals surface area contributed by atoms with Crippen LogP contribution in [0.5, 0.6) is 5.75 Å². The lowest BCUT2D eigenvalue weighted by molar-refractivity contribution is 0.0949. The molecular formula is C20H18ClFN4O2S. The lowest BCUT2D eigenvalue weighted by atomic mass is 10.2. The zero-order valence-corrected chi connectivity index (χ0v) is 17.1. The summed E-state index contributed by atoms with van der Waals surface area (Å²) in [6.45, 7) is 3.82. The quantitative estimate of drug-likeness (QED) is 0.540. The van der Waals surface area contributed by atoms with Crippen molar-refractivity contribution in [1.82, 2.24) is 20.1 Å². The van der Waals surface area contributed by atoms with Crippen molar-refractivity contribution in [2.45, 2.75) is 11.7 Å². The van der Waals surface area contributed by atoms with Crippen molar-refractivity contribution in [3.05, 3.63) is 77.3 Å². The molecule has 1 N–H and O–H groups in total. The fourth-order valence-corrected chi connectivity index (χ4v) is 3.39. The third kappa shape index (κ3) is 5.36. The average molecular weight is 433 g/mol. The number of halogens is 2. The van der Waals surface area contributed by atoms with E-state index in [0.29, 0.717) is 27.3 Å². The second-order valence-electron chi connectivity index (χ2n) is 5.93. The van der Waals surface area contributed by atoms with Gasteiger partial charge in [-0.1, -0.05) is 29.9 Å². The normalized spacial score (nSPS) is 10.6. The number of rotatable bonds is 8. The number of carbonyl (C=O) groups is 1. The summed E-state index contributed by atoms with van der Waals surface area (Å²) in [6, 6.07) is 12.7. The van der Waals surface area contributed by atoms with Crippen LogP contribution in [0.1, 0.15) is 16.2 Å². The minimum atomic E-state index is -0.400. The molecule has 1 aromatic heterocycles. The molecule has 0 saturated carbocycles. The minimum absolute atomic E-state index is 0.137. The Labute approximate surface area is 176 Å². The Morgan fingerprint density at radius 1 is 1.21 bits per heavy atom. The Bertz CT molecular complexity index is 1010. The predicted octanol–water partition coefficient (Wildman–Crippen LogP) is 4.19. The number of benzene rings is 2. The molecule has 0 saturated heterocycles. The summed E-state index contributed by atoms with van der Waals surface area (Å²) in [6.07, 6.45) is 0. The number of ether oxygens (including phenoxy) is 1. The van der Waals surface area contributed by atoms with E-state index in [0.717, 1.165) is 11.4 Å². The van der Waals surface area contributed by atoms with E-state index < -0.39 is 5.82 Å². The number of hydrogen-bond donors (Lipinski definition) is 1. The molecule has 0 radical (unpaired) electrons. The highest BCUT2D eigenvalue weighted by Gasteiger charge is 2.16. The summed E-state index contributed by atoms with van der Waals surface area (Å²) < 4.78 is 20.1. The van der Waals surface area contributed by atoms with Gasteiger partial charge in [0.25, 0.3) is 5.91 Å². The first-order valence-electron chi connectivity index (χ1n) is 8.56. The van der Waals surface area contributed by atoms with Crippen LogP contribution in [-0.2, 0) is 6.54 Å². The molecule has 0 spiro atoms. The fraction of sp³-hybridized carbons (Fsp3) is 0.150. The standard InChI is InChI=1S/C20H18ClFN4O2S/c1-13(21)12-29-20-25-24-18(26(20)16-7-9-17(28-2)10-8-16)11-23-19(27)14-3-5-15(22)6-4-14/h3-10H,1,11-12H2,2H3,(H,23,27). The molecule has 1 heterocycles. The van der Waals surface area contributed by atoms with E-state index in [1.165, 1.54) is 36.0 Å². The van der Waals surface area contributed by atoms with E-state index >= 15 is 0 Å². The number of aromatic nitrogens is 3. The number of methoxy groups -OCH3 is 1. The van der Waals surface area contributed by atoms with Crippen molar-refractivity contribution in [3.63, 3.8) is 0 Å². The molecule has 1 amide bonds. The molecule has 6 nitrogen and oxygen atoms in total. The first-order valence-corrected chi connectivity index (χ1v) is 9.93. The van der Waals surface area contributed by atoms with Gasteiger partial charge in [-0.15, -0.1) is 10.2 Å². The highest BCUT2D eigenvalue weighted by atomic mass is 35.5. The maximum absolute atomic E-state index is 13.0. The van der Waals surface area contributed by atoms with Crippen LogP contribution in [0.3, 0.4) is 0 Å². The molecule has 150 valence electrons. The number of nitrogens with one attached hydrogen (secondary N) is 1. The van der Waals surface area contributed by atoms with Gasteiger partial charge in [0.15, 0.2) is 11.0 Å². The zero-order chi connectivity index (χ0) is 20.8. The molecule has 0 fully saturated rings. The molecule has 0 aliphatic carbocycles. The number of amides is 1. The Morgan fingerprint density at radius 2 is 1.90 bits per heavy atom. The third-order valence-corrected chi connectivity index (χ3v) is 5.21. The van der Waals surface area contributed by atoms with Crippen molar-refractivity contribution >= 4 is 29.3 Å². The van der Waals surface area contributed by atoms with Crippen LogP contribution in [0.15, 0.2) is 65.3 Å². The molecule has 29 heavy (non-hydrogen) atoms. The van der Waals surface area contributed by atoms with E-state index in [-0.39, 0.29) is 12.5 Å². The summed E-state index contributed by atoms with van der Waals surface area (Å²) in [4.78, 5) is 12.3. The van der Waals surface area contributed by atoms with Crippen LogP contribution in [0.25, 0.3) is 5.69 Å². The van der Waals surface area contributed by atoms with Gasteiger partial charge in [0.1, 0.15) is 11.6 Å². The fourth-order valence-electron chi connectivity index (χ4n) is 2.50. The number of carbonyl (C=O) groups excluding carboxylic acids is 1. The van der Waals surface area contributed by atoms with Crippen molar-refractivity contribution in [3.8, 4) is 11.4 Å². The molecule has 0 atom stereocenters. The number of thioether (sulfide) groups is 1. The predicted molar refractivity (Wildman–Crippen MR) is 111 cm³/mol. The van der Waals surface area contributed by atoms with Gasteiger partial charge in [0.2, 0.25) is 0 Å². The maximum Gasteiger partial charge on any atom is 0.251 e. The van der Waals surface area contributed by atoms with Gasteiger partial charge in [-0.25, -0.2) is 4.39 Å². The second-order valence-corrected chi connectivity index (χ2v) is 7.40. The van der Waals surface area contributed by atoms with Gasteiger partial charge < -0.3 is 10.1 Å². The monoisotopic (exact) mass is 432 g/mol. The number of hydrogen-bond acceptors (Lipinski definition) is 5. The van der Waals surface area contributed by atoms with Gasteiger partial charge >= 0.3 is 0 Å². The van der Waals surface area contributed by atoms with Gasteiger partial charge in [0.05, 0.1) is 13.7 Å². The summed E-state index contributed by atoms with van der Waals surface area (Å²) >= 11 is 7.27. The Hall–Kier alpha value is -2.84. The van der Waals surface area contributed by atoms with Crippen LogP contribution < -0.4 is 10.1 Å². The Morgan fingerprint density at radius 3 is 2.52 bits per heavy atom. The molecule has 2 aromatic carbocycles. The topological polar surface area (TPSA) is 69.0 Å². The van der Waals surface area contributed by atoms with Crippen molar-refractivity contribution in [2.75, 3.05) is 12.9 Å². The van der Waals surface area contributed by atoms with Crippen LogP contribution in [0.2, 0.25) is 0 Å². The molecule has 0 aliphatic rings. The molecule has 3 rings (SSSR count). The van der Waals surface area contributed by atoms with Crippen molar-refractivity contribution < 1.29 is 13.9 Å². The van der Waals surface area contributed by atoms with Gasteiger partial charge in [0, 0.05) is 22.0 Å². The SMILES string of the molecule is C=C(Cl)CSc1nnc(CNC(=O)c2ccc(F)cc2)n1-c1ccc(OC)cc1. The minimum Gasteiger partial charge on any atom is -0.497 e. The molecular weight excluding hydrogens is 415 g/mol. The first-order chi connectivity index (χ1) is 14.0. The van der Waals surface area contributed by atoms with E-state index in [1.54, 1.807) is 7.11 Å². The highest BCUT2D eigenvalue weighted by Crippen LogP contribution is 2.25. The Kier molecular flexibility index (Phi) is 6.90. The van der Waals surface area contributed by atoms with E-state index in [1.807, 2.05) is 28.8 Å². The summed E-state index contributed by atoms with van der Waals surface area (Å²) in [5.41, 5.74) is 1.17. The smallest absolute Gasteiger partial charge is 0.251 e. The van der Waals surface area contributed by atoms with Gasteiger partial charge in [-0.3, -0.25) is 9.36 Å². The van der Waals surface area contributed by atoms with Gasteiger partial charge in [-0.05, 0) is 48.5 Å². The Balaban J connectivity index is 1.83. The van der Waals surface area contributed by atoms with Crippen LogP contribution >= 0.6 is 23.4 Å². The number of nitrogens with zero attached hydrogens (tertiary/aromatic N) is 3. The summed E-state index contributed by atoms with van der Waals surface area (Å²) in [7, 11) is 1.59. The molecule has 0 aliphatic heterocycles. The lowest BCUT2D eigenvalue weighted by Gasteiger charge is -2.11. The molecule has 0 bridgehead atoms. The molecule has 3 aromatic rings.